The molecule has 0 saturated carbocycles. The standard InChI is InChI=1S/C30H29NO6/c1-3-36-24-13-8-20(9-14-24)27-26(28(32)22-10-15-25-21(17-22)5-4-16-37-25)29(33)30(34)31(27)18-19-6-11-23(35-2)12-7-19/h6-15,17,27,32H,3-5,16,18H2,1-2H3/b28-26-. The molecule has 5 rings (SSSR count). The predicted molar refractivity (Wildman–Crippen MR) is 139 cm³/mol. The number of rotatable bonds is 7. The summed E-state index contributed by atoms with van der Waals surface area (Å²) in [4.78, 5) is 28.2. The van der Waals surface area contributed by atoms with Gasteiger partial charge in [-0.15, -0.1) is 0 Å². The third-order valence-corrected chi connectivity index (χ3v) is 6.74. The largest absolute Gasteiger partial charge is 0.507 e. The first kappa shape index (κ1) is 24.4. The molecule has 1 amide bonds. The molecule has 37 heavy (non-hydrogen) atoms. The predicted octanol–water partition coefficient (Wildman–Crippen LogP) is 5.04. The van der Waals surface area contributed by atoms with Crippen molar-refractivity contribution in [3.8, 4) is 17.2 Å². The van der Waals surface area contributed by atoms with Gasteiger partial charge in [0.15, 0.2) is 0 Å². The number of aryl methyl sites for hydroxylation is 1. The number of nitrogens with zero attached hydrogens (tertiary/aromatic N) is 1. The molecule has 7 nitrogen and oxygen atoms in total. The summed E-state index contributed by atoms with van der Waals surface area (Å²) >= 11 is 0. The monoisotopic (exact) mass is 499 g/mol. The van der Waals surface area contributed by atoms with Crippen LogP contribution in [0, 0.1) is 0 Å². The lowest BCUT2D eigenvalue weighted by atomic mass is 9.94. The van der Waals surface area contributed by atoms with Gasteiger partial charge in [0.1, 0.15) is 23.0 Å². The van der Waals surface area contributed by atoms with Crippen LogP contribution in [-0.2, 0) is 22.6 Å². The highest BCUT2D eigenvalue weighted by atomic mass is 16.5. The number of fused-ring (bicyclic) bond motifs is 1. The minimum Gasteiger partial charge on any atom is -0.507 e. The lowest BCUT2D eigenvalue weighted by Gasteiger charge is -2.26. The highest BCUT2D eigenvalue weighted by Crippen LogP contribution is 2.41. The van der Waals surface area contributed by atoms with Gasteiger partial charge in [0.25, 0.3) is 11.7 Å². The number of aliphatic hydroxyl groups is 1. The number of aliphatic hydroxyl groups excluding tert-OH is 1. The minimum absolute atomic E-state index is 0.0688. The molecule has 0 bridgehead atoms. The molecule has 2 aliphatic rings. The van der Waals surface area contributed by atoms with Gasteiger partial charge in [-0.05, 0) is 78.9 Å². The fraction of sp³-hybridized carbons (Fsp3) is 0.267. The Hall–Kier alpha value is -4.26. The fourth-order valence-corrected chi connectivity index (χ4v) is 4.89. The molecule has 1 saturated heterocycles. The Labute approximate surface area is 215 Å². The summed E-state index contributed by atoms with van der Waals surface area (Å²) < 4.78 is 16.5. The SMILES string of the molecule is CCOc1ccc(C2/C(=C(/O)c3ccc4c(c3)CCCO4)C(=O)C(=O)N2Cc2ccc(OC)cc2)cc1. The number of carbonyl (C=O) groups is 2. The van der Waals surface area contributed by atoms with E-state index in [9.17, 15) is 14.7 Å². The topological polar surface area (TPSA) is 85.3 Å². The molecule has 1 N–H and O–H groups in total. The molecule has 0 radical (unpaired) electrons. The van der Waals surface area contributed by atoms with Gasteiger partial charge in [-0.1, -0.05) is 24.3 Å². The second-order valence-corrected chi connectivity index (χ2v) is 9.05. The van der Waals surface area contributed by atoms with Crippen LogP contribution in [-0.4, -0.2) is 42.0 Å². The van der Waals surface area contributed by atoms with E-state index in [0.717, 1.165) is 29.7 Å². The Balaban J connectivity index is 1.59. The van der Waals surface area contributed by atoms with E-state index in [2.05, 4.69) is 0 Å². The first-order valence-corrected chi connectivity index (χ1v) is 12.4. The number of carbonyl (C=O) groups excluding carboxylic acids is 2. The number of methoxy groups -OCH3 is 1. The van der Waals surface area contributed by atoms with Crippen molar-refractivity contribution < 1.29 is 28.9 Å². The third kappa shape index (κ3) is 4.77. The van der Waals surface area contributed by atoms with E-state index in [1.807, 2.05) is 67.6 Å². The van der Waals surface area contributed by atoms with Gasteiger partial charge in [0.2, 0.25) is 0 Å². The van der Waals surface area contributed by atoms with Crippen molar-refractivity contribution in [3.63, 3.8) is 0 Å². The van der Waals surface area contributed by atoms with Crippen molar-refractivity contribution in [2.24, 2.45) is 0 Å². The number of Topliss-reactive ketones (excluding diaryl/α,β-unsaturated/α-hetero) is 1. The fourth-order valence-electron chi connectivity index (χ4n) is 4.89. The van der Waals surface area contributed by atoms with Gasteiger partial charge in [-0.25, -0.2) is 0 Å². The Morgan fingerprint density at radius 1 is 1.03 bits per heavy atom. The van der Waals surface area contributed by atoms with Crippen molar-refractivity contribution in [1.29, 1.82) is 0 Å². The molecule has 2 heterocycles. The van der Waals surface area contributed by atoms with E-state index in [4.69, 9.17) is 14.2 Å². The molecule has 1 atom stereocenters. The molecular weight excluding hydrogens is 470 g/mol. The number of benzene rings is 3. The number of hydrogen-bond acceptors (Lipinski definition) is 6. The van der Waals surface area contributed by atoms with Crippen LogP contribution in [0.2, 0.25) is 0 Å². The second-order valence-electron chi connectivity index (χ2n) is 9.05. The Bertz CT molecular complexity index is 1340. The summed E-state index contributed by atoms with van der Waals surface area (Å²) in [5, 5.41) is 11.4. The van der Waals surface area contributed by atoms with E-state index in [1.165, 1.54) is 4.90 Å². The minimum atomic E-state index is -0.759. The lowest BCUT2D eigenvalue weighted by molar-refractivity contribution is -0.140. The number of likely N-dealkylation sites (tertiary alicyclic amines) is 1. The number of ketones is 1. The number of amides is 1. The molecule has 1 fully saturated rings. The van der Waals surface area contributed by atoms with E-state index < -0.39 is 17.7 Å². The third-order valence-electron chi connectivity index (χ3n) is 6.74. The smallest absolute Gasteiger partial charge is 0.295 e. The summed E-state index contributed by atoms with van der Waals surface area (Å²) in [6.45, 7) is 3.28. The van der Waals surface area contributed by atoms with Crippen LogP contribution in [0.4, 0.5) is 0 Å². The summed E-state index contributed by atoms with van der Waals surface area (Å²) in [5.74, 6) is 0.614. The second kappa shape index (κ2) is 10.4. The van der Waals surface area contributed by atoms with Crippen LogP contribution in [0.1, 0.15) is 41.6 Å². The van der Waals surface area contributed by atoms with Gasteiger partial charge in [0.05, 0.1) is 31.9 Å². The molecule has 3 aromatic rings. The summed E-state index contributed by atoms with van der Waals surface area (Å²) in [7, 11) is 1.59. The maximum atomic E-state index is 13.4. The van der Waals surface area contributed by atoms with Gasteiger partial charge in [-0.2, -0.15) is 0 Å². The molecule has 190 valence electrons. The molecule has 0 spiro atoms. The van der Waals surface area contributed by atoms with Crippen molar-refractivity contribution in [3.05, 3.63) is 94.6 Å². The van der Waals surface area contributed by atoms with Crippen LogP contribution in [0.15, 0.2) is 72.3 Å². The molecule has 3 aromatic carbocycles. The highest BCUT2D eigenvalue weighted by molar-refractivity contribution is 6.46. The van der Waals surface area contributed by atoms with Crippen molar-refractivity contribution in [2.45, 2.75) is 32.4 Å². The van der Waals surface area contributed by atoms with Crippen LogP contribution in [0.3, 0.4) is 0 Å². The Kier molecular flexibility index (Phi) is 6.86. The molecule has 2 aliphatic heterocycles. The average molecular weight is 500 g/mol. The van der Waals surface area contributed by atoms with E-state index in [1.54, 1.807) is 13.2 Å². The summed E-state index contributed by atoms with van der Waals surface area (Å²) in [6.07, 6.45) is 1.71. The van der Waals surface area contributed by atoms with Crippen molar-refractivity contribution in [2.75, 3.05) is 20.3 Å². The summed E-state index contributed by atoms with van der Waals surface area (Å²) in [6, 6.07) is 19.2. The van der Waals surface area contributed by atoms with Crippen LogP contribution >= 0.6 is 0 Å². The molecule has 0 aromatic heterocycles. The maximum absolute atomic E-state index is 13.4. The van der Waals surface area contributed by atoms with Crippen molar-refractivity contribution in [1.82, 2.24) is 4.90 Å². The highest BCUT2D eigenvalue weighted by Gasteiger charge is 2.46. The maximum Gasteiger partial charge on any atom is 0.295 e. The Morgan fingerprint density at radius 2 is 1.76 bits per heavy atom. The number of ether oxygens (including phenoxy) is 3. The molecule has 0 aliphatic carbocycles. The molecule has 7 heteroatoms. The lowest BCUT2D eigenvalue weighted by Crippen LogP contribution is -2.29. The molecule has 1 unspecified atom stereocenters. The van der Waals surface area contributed by atoms with Gasteiger partial charge in [-0.3, -0.25) is 9.59 Å². The van der Waals surface area contributed by atoms with Crippen molar-refractivity contribution >= 4 is 17.4 Å². The Morgan fingerprint density at radius 3 is 2.46 bits per heavy atom. The van der Waals surface area contributed by atoms with E-state index in [-0.39, 0.29) is 17.9 Å². The zero-order valence-corrected chi connectivity index (χ0v) is 20.9. The first-order valence-electron chi connectivity index (χ1n) is 12.4. The zero-order chi connectivity index (χ0) is 25.9. The average Bonchev–Trinajstić information content (AvgIpc) is 3.18. The quantitative estimate of drug-likeness (QED) is 0.279. The normalized spacial score (nSPS) is 18.3. The van der Waals surface area contributed by atoms with Crippen LogP contribution in [0.5, 0.6) is 17.2 Å². The van der Waals surface area contributed by atoms with Crippen LogP contribution in [0.25, 0.3) is 5.76 Å². The van der Waals surface area contributed by atoms with Crippen LogP contribution < -0.4 is 14.2 Å². The molecular formula is C30H29NO6. The zero-order valence-electron chi connectivity index (χ0n) is 20.9. The van der Waals surface area contributed by atoms with E-state index in [0.29, 0.717) is 35.8 Å². The van der Waals surface area contributed by atoms with Gasteiger partial charge >= 0.3 is 0 Å². The van der Waals surface area contributed by atoms with Gasteiger partial charge in [0, 0.05) is 12.1 Å². The summed E-state index contributed by atoms with van der Waals surface area (Å²) in [5.41, 5.74) is 3.07. The van der Waals surface area contributed by atoms with E-state index >= 15 is 0 Å². The first-order chi connectivity index (χ1) is 18.0. The van der Waals surface area contributed by atoms with Gasteiger partial charge < -0.3 is 24.2 Å². The number of hydrogen-bond donors (Lipinski definition) is 1.